The minimum absolute atomic E-state index is 0.0298. The van der Waals surface area contributed by atoms with E-state index in [1.165, 1.54) is 16.0 Å². The van der Waals surface area contributed by atoms with Crippen LogP contribution in [0.5, 0.6) is 0 Å². The van der Waals surface area contributed by atoms with Crippen LogP contribution in [0, 0.1) is 5.92 Å². The van der Waals surface area contributed by atoms with E-state index < -0.39 is 17.6 Å². The van der Waals surface area contributed by atoms with Gasteiger partial charge in [-0.3, -0.25) is 4.79 Å². The summed E-state index contributed by atoms with van der Waals surface area (Å²) in [6.45, 7) is 2.26. The van der Waals surface area contributed by atoms with Gasteiger partial charge in [0.05, 0.1) is 0 Å². The highest BCUT2D eigenvalue weighted by Gasteiger charge is 2.46. The number of benzene rings is 2. The second-order valence-corrected chi connectivity index (χ2v) is 10.2. The quantitative estimate of drug-likeness (QED) is 0.611. The molecule has 7 nitrogen and oxygen atoms in total. The number of aliphatic carboxylic acids is 1. The van der Waals surface area contributed by atoms with E-state index in [0.29, 0.717) is 19.4 Å². The summed E-state index contributed by atoms with van der Waals surface area (Å²) in [6.07, 6.45) is 3.63. The number of amides is 2. The van der Waals surface area contributed by atoms with Crippen molar-refractivity contribution >= 4 is 18.0 Å². The molecule has 1 heterocycles. The molecule has 2 aromatic rings. The molecule has 7 heteroatoms. The van der Waals surface area contributed by atoms with Crippen LogP contribution in [0.1, 0.15) is 62.5 Å². The monoisotopic (exact) mass is 476 g/mol. The predicted octanol–water partition coefficient (Wildman–Crippen LogP) is 4.55. The molecular formula is C28H32N2O5. The van der Waals surface area contributed by atoms with E-state index in [1.54, 1.807) is 6.92 Å². The van der Waals surface area contributed by atoms with Crippen molar-refractivity contribution in [2.75, 3.05) is 13.2 Å². The Morgan fingerprint density at radius 2 is 1.69 bits per heavy atom. The summed E-state index contributed by atoms with van der Waals surface area (Å²) in [5, 5.41) is 12.6. The van der Waals surface area contributed by atoms with Gasteiger partial charge in [0.1, 0.15) is 12.1 Å². The van der Waals surface area contributed by atoms with Crippen LogP contribution in [-0.2, 0) is 14.3 Å². The lowest BCUT2D eigenvalue weighted by molar-refractivity contribution is -0.155. The number of hydrogen-bond donors (Lipinski definition) is 2. The standard InChI is InChI=1S/C28H32N2O5/c1-28(26(32)33)14-7-15-30(28)25(31)16-24(18-8-6-9-18)29-27(34)35-17-23-21-12-4-2-10-19(21)20-11-3-5-13-22(20)23/h2-5,10-13,18,23-24H,6-9,14-17H2,1H3,(H,29,34)(H,32,33). The van der Waals surface area contributed by atoms with Crippen molar-refractivity contribution in [2.45, 2.75) is 62.9 Å². The Morgan fingerprint density at radius 1 is 1.06 bits per heavy atom. The summed E-state index contributed by atoms with van der Waals surface area (Å²) in [6, 6.07) is 16.0. The summed E-state index contributed by atoms with van der Waals surface area (Å²) in [5.41, 5.74) is 3.46. The molecule has 1 saturated carbocycles. The Labute approximate surface area is 205 Å². The van der Waals surface area contributed by atoms with Gasteiger partial charge in [-0.15, -0.1) is 0 Å². The minimum atomic E-state index is -1.18. The minimum Gasteiger partial charge on any atom is -0.480 e. The first kappa shape index (κ1) is 23.4. The number of nitrogens with one attached hydrogen (secondary N) is 1. The van der Waals surface area contributed by atoms with Gasteiger partial charge in [-0.2, -0.15) is 0 Å². The Kier molecular flexibility index (Phi) is 6.26. The van der Waals surface area contributed by atoms with Gasteiger partial charge in [0.2, 0.25) is 5.91 Å². The highest BCUT2D eigenvalue weighted by atomic mass is 16.5. The number of hydrogen-bond acceptors (Lipinski definition) is 4. The molecule has 2 amide bonds. The van der Waals surface area contributed by atoms with E-state index in [1.807, 2.05) is 24.3 Å². The number of ether oxygens (including phenoxy) is 1. The zero-order chi connectivity index (χ0) is 24.6. The molecule has 2 atom stereocenters. The highest BCUT2D eigenvalue weighted by molar-refractivity contribution is 5.88. The number of carbonyl (C=O) groups excluding carboxylic acids is 2. The van der Waals surface area contributed by atoms with E-state index in [2.05, 4.69) is 29.6 Å². The van der Waals surface area contributed by atoms with Crippen LogP contribution in [0.25, 0.3) is 11.1 Å². The summed E-state index contributed by atoms with van der Waals surface area (Å²) >= 11 is 0. The van der Waals surface area contributed by atoms with Crippen molar-refractivity contribution in [1.82, 2.24) is 10.2 Å². The first-order chi connectivity index (χ1) is 16.9. The molecule has 3 aliphatic rings. The number of carbonyl (C=O) groups is 3. The van der Waals surface area contributed by atoms with E-state index in [9.17, 15) is 19.5 Å². The zero-order valence-electron chi connectivity index (χ0n) is 20.0. The Hall–Kier alpha value is -3.35. The normalized spacial score (nSPS) is 22.1. The molecule has 0 spiro atoms. The SMILES string of the molecule is CC1(C(=O)O)CCCN1C(=O)CC(NC(=O)OCC1c2ccccc2-c2ccccc21)C1CCC1. The topological polar surface area (TPSA) is 95.9 Å². The van der Waals surface area contributed by atoms with Gasteiger partial charge in [0.25, 0.3) is 0 Å². The molecule has 0 bridgehead atoms. The van der Waals surface area contributed by atoms with Crippen molar-refractivity contribution in [3.8, 4) is 11.1 Å². The van der Waals surface area contributed by atoms with E-state index in [4.69, 9.17) is 4.74 Å². The predicted molar refractivity (Wildman–Crippen MR) is 131 cm³/mol. The van der Waals surface area contributed by atoms with E-state index in [0.717, 1.165) is 30.4 Å². The maximum Gasteiger partial charge on any atom is 0.407 e. The number of nitrogens with zero attached hydrogens (tertiary/aromatic N) is 1. The maximum absolute atomic E-state index is 13.1. The lowest BCUT2D eigenvalue weighted by atomic mass is 9.78. The van der Waals surface area contributed by atoms with Crippen molar-refractivity contribution in [2.24, 2.45) is 5.92 Å². The molecule has 1 aliphatic heterocycles. The molecule has 2 aliphatic carbocycles. The number of alkyl carbamates (subject to hydrolysis) is 1. The van der Waals surface area contributed by atoms with Gasteiger partial charge in [-0.1, -0.05) is 55.0 Å². The van der Waals surface area contributed by atoms with Gasteiger partial charge in [0, 0.05) is 24.9 Å². The fourth-order valence-electron chi connectivity index (χ4n) is 5.85. The van der Waals surface area contributed by atoms with Crippen LogP contribution in [-0.4, -0.2) is 52.7 Å². The van der Waals surface area contributed by atoms with Crippen molar-refractivity contribution in [1.29, 1.82) is 0 Å². The average molecular weight is 477 g/mol. The first-order valence-electron chi connectivity index (χ1n) is 12.5. The van der Waals surface area contributed by atoms with Crippen LogP contribution in [0.15, 0.2) is 48.5 Å². The Balaban J connectivity index is 1.24. The van der Waals surface area contributed by atoms with Crippen molar-refractivity contribution < 1.29 is 24.2 Å². The molecule has 2 unspecified atom stereocenters. The summed E-state index contributed by atoms with van der Waals surface area (Å²) in [7, 11) is 0. The molecule has 1 saturated heterocycles. The van der Waals surface area contributed by atoms with Crippen molar-refractivity contribution in [3.05, 3.63) is 59.7 Å². The summed E-state index contributed by atoms with van der Waals surface area (Å²) in [5.74, 6) is -1.02. The number of likely N-dealkylation sites (tertiary alicyclic amines) is 1. The van der Waals surface area contributed by atoms with Crippen LogP contribution in [0.3, 0.4) is 0 Å². The number of rotatable bonds is 7. The smallest absolute Gasteiger partial charge is 0.407 e. The number of carboxylic acid groups (broad SMARTS) is 1. The Morgan fingerprint density at radius 3 is 2.26 bits per heavy atom. The van der Waals surface area contributed by atoms with Gasteiger partial charge < -0.3 is 20.1 Å². The highest BCUT2D eigenvalue weighted by Crippen LogP contribution is 2.44. The molecule has 35 heavy (non-hydrogen) atoms. The van der Waals surface area contributed by atoms with Crippen LogP contribution < -0.4 is 5.32 Å². The van der Waals surface area contributed by atoms with Gasteiger partial charge in [-0.25, -0.2) is 9.59 Å². The third-order valence-electron chi connectivity index (χ3n) is 8.16. The van der Waals surface area contributed by atoms with Crippen LogP contribution in [0.4, 0.5) is 4.79 Å². The first-order valence-corrected chi connectivity index (χ1v) is 12.5. The Bertz CT molecular complexity index is 1100. The van der Waals surface area contributed by atoms with E-state index >= 15 is 0 Å². The lowest BCUT2D eigenvalue weighted by Crippen LogP contribution is -2.53. The van der Waals surface area contributed by atoms with Crippen LogP contribution >= 0.6 is 0 Å². The third kappa shape index (κ3) is 4.28. The molecule has 2 N–H and O–H groups in total. The van der Waals surface area contributed by atoms with E-state index in [-0.39, 0.29) is 36.8 Å². The molecule has 2 aromatic carbocycles. The van der Waals surface area contributed by atoms with Gasteiger partial charge in [-0.05, 0) is 60.8 Å². The molecule has 184 valence electrons. The number of fused-ring (bicyclic) bond motifs is 3. The lowest BCUT2D eigenvalue weighted by Gasteiger charge is -2.37. The van der Waals surface area contributed by atoms with Crippen LogP contribution in [0.2, 0.25) is 0 Å². The van der Waals surface area contributed by atoms with Gasteiger partial charge >= 0.3 is 12.1 Å². The maximum atomic E-state index is 13.1. The third-order valence-corrected chi connectivity index (χ3v) is 8.16. The fraction of sp³-hybridized carbons (Fsp3) is 0.464. The van der Waals surface area contributed by atoms with Gasteiger partial charge in [0.15, 0.2) is 0 Å². The van der Waals surface area contributed by atoms with Crippen molar-refractivity contribution in [3.63, 3.8) is 0 Å². The fourth-order valence-corrected chi connectivity index (χ4v) is 5.85. The second kappa shape index (κ2) is 9.36. The summed E-state index contributed by atoms with van der Waals surface area (Å²) in [4.78, 5) is 39.3. The summed E-state index contributed by atoms with van der Waals surface area (Å²) < 4.78 is 5.71. The zero-order valence-corrected chi connectivity index (χ0v) is 20.0. The largest absolute Gasteiger partial charge is 0.480 e. The molecule has 5 rings (SSSR count). The molecule has 2 fully saturated rings. The average Bonchev–Trinajstić information content (AvgIpc) is 3.36. The number of carboxylic acids is 1. The second-order valence-electron chi connectivity index (χ2n) is 10.2. The molecule has 0 radical (unpaired) electrons. The molecule has 0 aromatic heterocycles. The molecular weight excluding hydrogens is 444 g/mol.